The van der Waals surface area contributed by atoms with Crippen molar-refractivity contribution in [2.24, 2.45) is 0 Å². The van der Waals surface area contributed by atoms with Gasteiger partial charge < -0.3 is 9.47 Å². The van der Waals surface area contributed by atoms with Gasteiger partial charge in [-0.2, -0.15) is 8.42 Å². The van der Waals surface area contributed by atoms with E-state index in [2.05, 4.69) is 11.1 Å². The SMILES string of the molecule is CCCCCCCCCCCCCOCCOCCOS(=O)(=O)O. The predicted octanol–water partition coefficient (Wildman–Crippen LogP) is 4.15. The summed E-state index contributed by atoms with van der Waals surface area (Å²) in [6, 6.07) is 0. The largest absolute Gasteiger partial charge is 0.397 e. The highest BCUT2D eigenvalue weighted by molar-refractivity contribution is 7.80. The molecule has 0 fully saturated rings. The fraction of sp³-hybridized carbons (Fsp3) is 1.00. The second-order valence-corrected chi connectivity index (χ2v) is 7.10. The Hall–Kier alpha value is -0.210. The highest BCUT2D eigenvalue weighted by Gasteiger charge is 2.02. The van der Waals surface area contributed by atoms with Crippen LogP contribution in [0.25, 0.3) is 0 Å². The summed E-state index contributed by atoms with van der Waals surface area (Å²) in [5.41, 5.74) is 0. The van der Waals surface area contributed by atoms with Crippen molar-refractivity contribution in [3.8, 4) is 0 Å². The minimum atomic E-state index is -4.36. The van der Waals surface area contributed by atoms with Crippen LogP contribution in [0, 0.1) is 0 Å². The molecule has 0 aromatic rings. The maximum Gasteiger partial charge on any atom is 0.397 e. The van der Waals surface area contributed by atoms with Crippen molar-refractivity contribution in [1.29, 1.82) is 0 Å². The monoisotopic (exact) mass is 368 g/mol. The molecule has 6 nitrogen and oxygen atoms in total. The summed E-state index contributed by atoms with van der Waals surface area (Å²) in [5.74, 6) is 0. The van der Waals surface area contributed by atoms with Crippen LogP contribution in [0.1, 0.15) is 77.6 Å². The van der Waals surface area contributed by atoms with Crippen LogP contribution in [0.3, 0.4) is 0 Å². The fourth-order valence-electron chi connectivity index (χ4n) is 2.39. The van der Waals surface area contributed by atoms with E-state index in [1.807, 2.05) is 0 Å². The van der Waals surface area contributed by atoms with Crippen molar-refractivity contribution >= 4 is 10.4 Å². The molecule has 0 rings (SSSR count). The second-order valence-electron chi connectivity index (χ2n) is 6.01. The lowest BCUT2D eigenvalue weighted by Gasteiger charge is -2.06. The minimum absolute atomic E-state index is 0.113. The first-order chi connectivity index (χ1) is 11.6. The van der Waals surface area contributed by atoms with E-state index in [4.69, 9.17) is 14.0 Å². The van der Waals surface area contributed by atoms with Gasteiger partial charge in [0, 0.05) is 6.61 Å². The molecule has 0 aromatic heterocycles. The first-order valence-electron chi connectivity index (χ1n) is 9.33. The number of hydrogen-bond donors (Lipinski definition) is 1. The Morgan fingerprint density at radius 3 is 1.54 bits per heavy atom. The normalized spacial score (nSPS) is 11.9. The zero-order valence-corrected chi connectivity index (χ0v) is 16.0. The Morgan fingerprint density at radius 2 is 1.04 bits per heavy atom. The molecule has 24 heavy (non-hydrogen) atoms. The van der Waals surface area contributed by atoms with E-state index < -0.39 is 10.4 Å². The maximum atomic E-state index is 10.3. The third kappa shape index (κ3) is 21.8. The van der Waals surface area contributed by atoms with E-state index in [1.54, 1.807) is 0 Å². The molecule has 0 atom stereocenters. The molecule has 7 heteroatoms. The summed E-state index contributed by atoms with van der Waals surface area (Å²) in [6.45, 7) is 3.80. The van der Waals surface area contributed by atoms with Crippen LogP contribution in [-0.2, 0) is 24.1 Å². The molecule has 0 bridgehead atoms. The summed E-state index contributed by atoms with van der Waals surface area (Å²) < 4.78 is 43.5. The zero-order chi connectivity index (χ0) is 17.9. The van der Waals surface area contributed by atoms with Crippen molar-refractivity contribution in [1.82, 2.24) is 0 Å². The smallest absolute Gasteiger partial charge is 0.379 e. The van der Waals surface area contributed by atoms with E-state index in [0.717, 1.165) is 13.0 Å². The quantitative estimate of drug-likeness (QED) is 0.272. The van der Waals surface area contributed by atoms with Crippen LogP contribution in [-0.4, -0.2) is 46.0 Å². The standard InChI is InChI=1S/C17H36O6S/c1-2-3-4-5-6-7-8-9-10-11-12-13-21-14-15-22-16-17-23-24(18,19)20/h2-17H2,1H3,(H,18,19,20). The van der Waals surface area contributed by atoms with E-state index in [-0.39, 0.29) is 13.2 Å². The third-order valence-corrected chi connectivity index (χ3v) is 4.19. The van der Waals surface area contributed by atoms with Gasteiger partial charge in [-0.25, -0.2) is 4.18 Å². The Labute approximate surface area is 148 Å². The molecule has 0 aliphatic carbocycles. The molecule has 146 valence electrons. The van der Waals surface area contributed by atoms with Crippen molar-refractivity contribution in [2.75, 3.05) is 33.0 Å². The Bertz CT molecular complexity index is 345. The van der Waals surface area contributed by atoms with Crippen molar-refractivity contribution in [2.45, 2.75) is 77.6 Å². The van der Waals surface area contributed by atoms with Crippen molar-refractivity contribution in [3.63, 3.8) is 0 Å². The molecule has 0 amide bonds. The summed E-state index contributed by atoms with van der Waals surface area (Å²) in [7, 11) is -4.36. The average Bonchev–Trinajstić information content (AvgIpc) is 2.52. The highest BCUT2D eigenvalue weighted by atomic mass is 32.3. The predicted molar refractivity (Wildman–Crippen MR) is 95.6 cm³/mol. The van der Waals surface area contributed by atoms with Crippen LogP contribution in [0.5, 0.6) is 0 Å². The maximum absolute atomic E-state index is 10.3. The molecule has 0 saturated carbocycles. The molecule has 0 unspecified atom stereocenters. The van der Waals surface area contributed by atoms with Crippen molar-refractivity contribution in [3.05, 3.63) is 0 Å². The highest BCUT2D eigenvalue weighted by Crippen LogP contribution is 2.11. The molecule has 0 aromatic carbocycles. The molecule has 0 aliphatic heterocycles. The molecule has 0 radical (unpaired) electrons. The lowest BCUT2D eigenvalue weighted by atomic mass is 10.1. The van der Waals surface area contributed by atoms with Gasteiger partial charge in [0.2, 0.25) is 0 Å². The number of ether oxygens (including phenoxy) is 2. The summed E-state index contributed by atoms with van der Waals surface area (Å²) in [4.78, 5) is 0. The molecule has 0 saturated heterocycles. The van der Waals surface area contributed by atoms with Crippen LogP contribution in [0.15, 0.2) is 0 Å². The Balaban J connectivity index is 3.03. The molecular weight excluding hydrogens is 332 g/mol. The lowest BCUT2D eigenvalue weighted by molar-refractivity contribution is 0.0346. The molecule has 0 spiro atoms. The summed E-state index contributed by atoms with van der Waals surface area (Å²) >= 11 is 0. The van der Waals surface area contributed by atoms with E-state index in [1.165, 1.54) is 64.2 Å². The second kappa shape index (κ2) is 17.6. The minimum Gasteiger partial charge on any atom is -0.379 e. The topological polar surface area (TPSA) is 82.1 Å². The van der Waals surface area contributed by atoms with Gasteiger partial charge in [-0.15, -0.1) is 0 Å². The van der Waals surface area contributed by atoms with Crippen molar-refractivity contribution < 1.29 is 26.6 Å². The van der Waals surface area contributed by atoms with E-state index in [9.17, 15) is 8.42 Å². The average molecular weight is 369 g/mol. The van der Waals surface area contributed by atoms with Gasteiger partial charge in [-0.05, 0) is 6.42 Å². The van der Waals surface area contributed by atoms with Crippen LogP contribution < -0.4 is 0 Å². The Kier molecular flexibility index (Phi) is 17.5. The van der Waals surface area contributed by atoms with Crippen LogP contribution >= 0.6 is 0 Å². The summed E-state index contributed by atoms with van der Waals surface area (Å²) in [5, 5.41) is 0. The third-order valence-electron chi connectivity index (χ3n) is 3.72. The van der Waals surface area contributed by atoms with Gasteiger partial charge in [0.1, 0.15) is 0 Å². The van der Waals surface area contributed by atoms with Crippen LogP contribution in [0.2, 0.25) is 0 Å². The first-order valence-corrected chi connectivity index (χ1v) is 10.7. The number of unbranched alkanes of at least 4 members (excludes halogenated alkanes) is 10. The van der Waals surface area contributed by atoms with E-state index in [0.29, 0.717) is 13.2 Å². The molecular formula is C17H36O6S. The molecule has 0 aliphatic rings. The van der Waals surface area contributed by atoms with Crippen LogP contribution in [0.4, 0.5) is 0 Å². The van der Waals surface area contributed by atoms with Gasteiger partial charge >= 0.3 is 10.4 Å². The lowest BCUT2D eigenvalue weighted by Crippen LogP contribution is -2.12. The van der Waals surface area contributed by atoms with Gasteiger partial charge in [0.15, 0.2) is 0 Å². The Morgan fingerprint density at radius 1 is 0.625 bits per heavy atom. The van der Waals surface area contributed by atoms with E-state index >= 15 is 0 Å². The number of rotatable bonds is 19. The van der Waals surface area contributed by atoms with Gasteiger partial charge in [0.05, 0.1) is 26.4 Å². The molecule has 0 heterocycles. The summed E-state index contributed by atoms with van der Waals surface area (Å²) in [6.07, 6.45) is 14.5. The van der Waals surface area contributed by atoms with Gasteiger partial charge in [0.25, 0.3) is 0 Å². The molecule has 1 N–H and O–H groups in total. The van der Waals surface area contributed by atoms with Gasteiger partial charge in [-0.1, -0.05) is 71.1 Å². The van der Waals surface area contributed by atoms with Gasteiger partial charge in [-0.3, -0.25) is 4.55 Å². The number of hydrogen-bond acceptors (Lipinski definition) is 5. The first kappa shape index (κ1) is 23.8. The zero-order valence-electron chi connectivity index (χ0n) is 15.2. The fourth-order valence-corrected chi connectivity index (χ4v) is 2.67.